The van der Waals surface area contributed by atoms with Gasteiger partial charge in [-0.3, -0.25) is 9.59 Å². The van der Waals surface area contributed by atoms with Gasteiger partial charge in [-0.25, -0.2) is 0 Å². The molecule has 22 heavy (non-hydrogen) atoms. The SMILES string of the molecule is COC(=O)CCCCCCCC=CCCCCCCC(=O)O. The van der Waals surface area contributed by atoms with Crippen LogP contribution in [-0.2, 0) is 14.3 Å². The van der Waals surface area contributed by atoms with Gasteiger partial charge in [-0.2, -0.15) is 0 Å². The van der Waals surface area contributed by atoms with Crippen LogP contribution in [0.1, 0.15) is 83.5 Å². The number of ether oxygens (including phenoxy) is 1. The number of hydrogen-bond donors (Lipinski definition) is 1. The zero-order valence-electron chi connectivity index (χ0n) is 14.0. The van der Waals surface area contributed by atoms with Crippen LogP contribution in [0.25, 0.3) is 0 Å². The van der Waals surface area contributed by atoms with Gasteiger partial charge in [0.2, 0.25) is 0 Å². The Morgan fingerprint density at radius 3 is 1.73 bits per heavy atom. The van der Waals surface area contributed by atoms with E-state index in [4.69, 9.17) is 5.11 Å². The second kappa shape index (κ2) is 16.1. The van der Waals surface area contributed by atoms with Crippen LogP contribution in [0, 0.1) is 0 Å². The maximum absolute atomic E-state index is 10.9. The summed E-state index contributed by atoms with van der Waals surface area (Å²) in [6, 6.07) is 0. The fourth-order valence-electron chi connectivity index (χ4n) is 2.29. The molecule has 0 saturated carbocycles. The number of carbonyl (C=O) groups excluding carboxylic acids is 1. The van der Waals surface area contributed by atoms with Crippen LogP contribution in [-0.4, -0.2) is 24.2 Å². The highest BCUT2D eigenvalue weighted by molar-refractivity contribution is 5.68. The number of rotatable bonds is 15. The Labute approximate surface area is 134 Å². The van der Waals surface area contributed by atoms with E-state index in [1.807, 2.05) is 0 Å². The molecular weight excluding hydrogens is 280 g/mol. The monoisotopic (exact) mass is 312 g/mol. The van der Waals surface area contributed by atoms with Gasteiger partial charge >= 0.3 is 11.9 Å². The lowest BCUT2D eigenvalue weighted by atomic mass is 10.1. The molecule has 0 spiro atoms. The van der Waals surface area contributed by atoms with E-state index in [2.05, 4.69) is 16.9 Å². The van der Waals surface area contributed by atoms with Gasteiger partial charge in [0, 0.05) is 12.8 Å². The average molecular weight is 312 g/mol. The van der Waals surface area contributed by atoms with Crippen molar-refractivity contribution in [2.45, 2.75) is 83.5 Å². The number of aliphatic carboxylic acids is 1. The molecule has 0 aliphatic rings. The third-order valence-electron chi connectivity index (χ3n) is 3.66. The van der Waals surface area contributed by atoms with Crippen LogP contribution in [0.2, 0.25) is 0 Å². The molecule has 0 saturated heterocycles. The van der Waals surface area contributed by atoms with Crippen LogP contribution >= 0.6 is 0 Å². The summed E-state index contributed by atoms with van der Waals surface area (Å²) < 4.78 is 4.60. The van der Waals surface area contributed by atoms with Crippen molar-refractivity contribution < 1.29 is 19.4 Å². The lowest BCUT2D eigenvalue weighted by molar-refractivity contribution is -0.141. The van der Waals surface area contributed by atoms with Crippen LogP contribution in [0.5, 0.6) is 0 Å². The standard InChI is InChI=1S/C18H32O4/c1-22-18(21)16-14-12-10-8-6-4-2-3-5-7-9-11-13-15-17(19)20/h2-3H,4-16H2,1H3,(H,19,20). The van der Waals surface area contributed by atoms with Crippen LogP contribution in [0.15, 0.2) is 12.2 Å². The first-order valence-electron chi connectivity index (χ1n) is 8.60. The molecule has 4 nitrogen and oxygen atoms in total. The molecule has 0 aromatic heterocycles. The molecule has 0 fully saturated rings. The minimum atomic E-state index is -0.690. The van der Waals surface area contributed by atoms with Crippen molar-refractivity contribution in [3.05, 3.63) is 12.2 Å². The summed E-state index contributed by atoms with van der Waals surface area (Å²) in [6.45, 7) is 0. The van der Waals surface area contributed by atoms with Crippen molar-refractivity contribution in [3.8, 4) is 0 Å². The van der Waals surface area contributed by atoms with Crippen molar-refractivity contribution in [2.75, 3.05) is 7.11 Å². The highest BCUT2D eigenvalue weighted by Gasteiger charge is 1.98. The number of unbranched alkanes of at least 4 members (excludes halogenated alkanes) is 9. The lowest BCUT2D eigenvalue weighted by Crippen LogP contribution is -1.98. The Bertz CT molecular complexity index is 310. The molecule has 4 heteroatoms. The van der Waals surface area contributed by atoms with Gasteiger partial charge in [0.1, 0.15) is 0 Å². The smallest absolute Gasteiger partial charge is 0.305 e. The third-order valence-corrected chi connectivity index (χ3v) is 3.66. The fraction of sp³-hybridized carbons (Fsp3) is 0.778. The summed E-state index contributed by atoms with van der Waals surface area (Å²) in [5.74, 6) is -0.795. The van der Waals surface area contributed by atoms with Gasteiger partial charge < -0.3 is 9.84 Å². The normalized spacial score (nSPS) is 11.0. The summed E-state index contributed by atoms with van der Waals surface area (Å²) in [7, 11) is 1.44. The summed E-state index contributed by atoms with van der Waals surface area (Å²) in [4.78, 5) is 21.2. The lowest BCUT2D eigenvalue weighted by Gasteiger charge is -2.00. The quantitative estimate of drug-likeness (QED) is 0.266. The Morgan fingerprint density at radius 1 is 0.773 bits per heavy atom. The summed E-state index contributed by atoms with van der Waals surface area (Å²) in [5, 5.41) is 8.51. The van der Waals surface area contributed by atoms with E-state index in [1.54, 1.807) is 0 Å². The minimum Gasteiger partial charge on any atom is -0.481 e. The van der Waals surface area contributed by atoms with E-state index < -0.39 is 5.97 Å². The first kappa shape index (κ1) is 20.7. The second-order valence-electron chi connectivity index (χ2n) is 5.70. The number of carboxylic acids is 1. The molecule has 0 rings (SSSR count). The fourth-order valence-corrected chi connectivity index (χ4v) is 2.29. The summed E-state index contributed by atoms with van der Waals surface area (Å²) in [5.41, 5.74) is 0. The number of methoxy groups -OCH3 is 1. The molecule has 0 aromatic rings. The molecule has 0 unspecified atom stereocenters. The number of carbonyl (C=O) groups is 2. The molecule has 1 N–H and O–H groups in total. The molecule has 0 bridgehead atoms. The molecule has 0 aliphatic carbocycles. The molecule has 0 heterocycles. The molecule has 0 amide bonds. The van der Waals surface area contributed by atoms with Crippen molar-refractivity contribution in [1.82, 2.24) is 0 Å². The van der Waals surface area contributed by atoms with E-state index in [0.717, 1.165) is 51.4 Å². The van der Waals surface area contributed by atoms with Crippen LogP contribution in [0.4, 0.5) is 0 Å². The van der Waals surface area contributed by atoms with Crippen molar-refractivity contribution in [2.24, 2.45) is 0 Å². The molecule has 0 radical (unpaired) electrons. The maximum atomic E-state index is 10.9. The van der Waals surface area contributed by atoms with Gasteiger partial charge in [-0.15, -0.1) is 0 Å². The van der Waals surface area contributed by atoms with Gasteiger partial charge in [-0.1, -0.05) is 44.3 Å². The Hall–Kier alpha value is -1.32. The highest BCUT2D eigenvalue weighted by atomic mass is 16.5. The van der Waals surface area contributed by atoms with Crippen LogP contribution < -0.4 is 0 Å². The molecular formula is C18H32O4. The van der Waals surface area contributed by atoms with E-state index >= 15 is 0 Å². The summed E-state index contributed by atoms with van der Waals surface area (Å²) >= 11 is 0. The van der Waals surface area contributed by atoms with Crippen molar-refractivity contribution in [1.29, 1.82) is 0 Å². The largest absolute Gasteiger partial charge is 0.481 e. The Balaban J connectivity index is 3.15. The van der Waals surface area contributed by atoms with E-state index in [9.17, 15) is 9.59 Å². The predicted octanol–water partition coefficient (Wildman–Crippen LogP) is 4.87. The Morgan fingerprint density at radius 2 is 1.23 bits per heavy atom. The van der Waals surface area contributed by atoms with E-state index in [0.29, 0.717) is 12.8 Å². The van der Waals surface area contributed by atoms with Gasteiger partial charge in [-0.05, 0) is 38.5 Å². The Kier molecular flexibility index (Phi) is 15.1. The van der Waals surface area contributed by atoms with Gasteiger partial charge in [0.05, 0.1) is 7.11 Å². The zero-order valence-corrected chi connectivity index (χ0v) is 14.0. The first-order valence-corrected chi connectivity index (χ1v) is 8.60. The summed E-state index contributed by atoms with van der Waals surface area (Å²) in [6.07, 6.45) is 17.4. The highest BCUT2D eigenvalue weighted by Crippen LogP contribution is 2.09. The van der Waals surface area contributed by atoms with Gasteiger partial charge in [0.15, 0.2) is 0 Å². The first-order chi connectivity index (χ1) is 10.7. The third kappa shape index (κ3) is 16.7. The van der Waals surface area contributed by atoms with E-state index in [1.165, 1.54) is 26.4 Å². The predicted molar refractivity (Wildman–Crippen MR) is 88.8 cm³/mol. The number of allylic oxidation sites excluding steroid dienone is 2. The maximum Gasteiger partial charge on any atom is 0.305 e. The average Bonchev–Trinajstić information content (AvgIpc) is 2.50. The molecule has 0 aliphatic heterocycles. The number of esters is 1. The van der Waals surface area contributed by atoms with Gasteiger partial charge in [0.25, 0.3) is 0 Å². The second-order valence-corrected chi connectivity index (χ2v) is 5.70. The number of hydrogen-bond acceptors (Lipinski definition) is 3. The van der Waals surface area contributed by atoms with Crippen molar-refractivity contribution in [3.63, 3.8) is 0 Å². The minimum absolute atomic E-state index is 0.106. The number of carboxylic acid groups (broad SMARTS) is 1. The topological polar surface area (TPSA) is 63.6 Å². The molecule has 0 atom stereocenters. The van der Waals surface area contributed by atoms with Crippen LogP contribution in [0.3, 0.4) is 0 Å². The zero-order chi connectivity index (χ0) is 16.5. The molecule has 0 aromatic carbocycles. The molecule has 128 valence electrons. The van der Waals surface area contributed by atoms with Crippen molar-refractivity contribution >= 4 is 11.9 Å². The van der Waals surface area contributed by atoms with E-state index in [-0.39, 0.29) is 5.97 Å².